The van der Waals surface area contributed by atoms with Crippen LogP contribution < -0.4 is 0 Å². The topological polar surface area (TPSA) is 9.23 Å². The third-order valence-electron chi connectivity index (χ3n) is 4.41. The van der Waals surface area contributed by atoms with E-state index in [4.69, 9.17) is 4.74 Å². The van der Waals surface area contributed by atoms with Gasteiger partial charge < -0.3 is 4.74 Å². The van der Waals surface area contributed by atoms with Crippen LogP contribution in [0.5, 0.6) is 0 Å². The first-order valence-electron chi connectivity index (χ1n) is 7.08. The minimum atomic E-state index is 0.275. The lowest BCUT2D eigenvalue weighted by molar-refractivity contribution is -0.0628. The molecule has 92 valence electrons. The van der Waals surface area contributed by atoms with Crippen LogP contribution in [-0.2, 0) is 11.2 Å². The summed E-state index contributed by atoms with van der Waals surface area (Å²) in [4.78, 5) is 0. The Balaban J connectivity index is 1.60. The van der Waals surface area contributed by atoms with E-state index >= 15 is 0 Å². The molecule has 3 rings (SSSR count). The summed E-state index contributed by atoms with van der Waals surface area (Å²) < 4.78 is 6.39. The van der Waals surface area contributed by atoms with Gasteiger partial charge in [-0.1, -0.05) is 49.6 Å². The Morgan fingerprint density at radius 1 is 1.00 bits per heavy atom. The number of hydrogen-bond donors (Lipinski definition) is 0. The van der Waals surface area contributed by atoms with Gasteiger partial charge in [-0.25, -0.2) is 0 Å². The fourth-order valence-electron chi connectivity index (χ4n) is 3.48. The lowest BCUT2D eigenvalue weighted by atomic mass is 9.83. The maximum atomic E-state index is 6.39. The predicted octanol–water partition coefficient (Wildman–Crippen LogP) is 4.11. The molecule has 1 atom stereocenters. The smallest absolute Gasteiger partial charge is 0.0687 e. The Morgan fingerprint density at radius 2 is 1.76 bits per heavy atom. The van der Waals surface area contributed by atoms with Crippen molar-refractivity contribution < 1.29 is 4.74 Å². The molecule has 1 unspecified atom stereocenters. The highest BCUT2D eigenvalue weighted by atomic mass is 16.5. The van der Waals surface area contributed by atoms with Crippen LogP contribution >= 0.6 is 0 Å². The first kappa shape index (κ1) is 11.3. The van der Waals surface area contributed by atoms with Crippen molar-refractivity contribution in [1.29, 1.82) is 0 Å². The van der Waals surface area contributed by atoms with Crippen LogP contribution in [0.15, 0.2) is 30.3 Å². The van der Waals surface area contributed by atoms with E-state index in [0.717, 1.165) is 6.42 Å². The molecule has 1 saturated carbocycles. The third kappa shape index (κ3) is 2.55. The van der Waals surface area contributed by atoms with Crippen molar-refractivity contribution in [3.63, 3.8) is 0 Å². The monoisotopic (exact) mass is 230 g/mol. The van der Waals surface area contributed by atoms with Gasteiger partial charge in [-0.15, -0.1) is 0 Å². The van der Waals surface area contributed by atoms with Gasteiger partial charge in [0.05, 0.1) is 11.7 Å². The molecule has 1 spiro atoms. The second kappa shape index (κ2) is 4.81. The highest BCUT2D eigenvalue weighted by Gasteiger charge is 2.40. The molecular weight excluding hydrogens is 208 g/mol. The number of benzene rings is 1. The molecule has 0 radical (unpaired) electrons. The lowest BCUT2D eigenvalue weighted by Gasteiger charge is -2.33. The minimum Gasteiger partial charge on any atom is -0.371 e. The van der Waals surface area contributed by atoms with Gasteiger partial charge in [0.1, 0.15) is 0 Å². The Bertz CT molecular complexity index is 351. The summed E-state index contributed by atoms with van der Waals surface area (Å²) in [7, 11) is 0. The summed E-state index contributed by atoms with van der Waals surface area (Å²) in [6.45, 7) is 0. The van der Waals surface area contributed by atoms with Crippen molar-refractivity contribution in [3.8, 4) is 0 Å². The number of rotatable bonds is 2. The molecule has 2 fully saturated rings. The van der Waals surface area contributed by atoms with Crippen LogP contribution in [-0.4, -0.2) is 11.7 Å². The van der Waals surface area contributed by atoms with Crippen LogP contribution in [0.2, 0.25) is 0 Å². The van der Waals surface area contributed by atoms with E-state index in [0.29, 0.717) is 6.10 Å². The van der Waals surface area contributed by atoms with Crippen LogP contribution in [0, 0.1) is 0 Å². The van der Waals surface area contributed by atoms with E-state index in [1.807, 2.05) is 0 Å². The zero-order valence-corrected chi connectivity index (χ0v) is 10.5. The van der Waals surface area contributed by atoms with E-state index in [1.54, 1.807) is 0 Å². The SMILES string of the molecule is c1ccc(CC2CCC3(CCCCC3)O2)cc1. The average Bonchev–Trinajstić information content (AvgIpc) is 2.74. The molecule has 0 bridgehead atoms. The molecule has 1 heterocycles. The van der Waals surface area contributed by atoms with E-state index in [-0.39, 0.29) is 5.60 Å². The first-order chi connectivity index (χ1) is 8.36. The molecule has 1 aliphatic heterocycles. The van der Waals surface area contributed by atoms with Crippen molar-refractivity contribution in [2.24, 2.45) is 0 Å². The minimum absolute atomic E-state index is 0.275. The van der Waals surface area contributed by atoms with Gasteiger partial charge in [0.25, 0.3) is 0 Å². The maximum Gasteiger partial charge on any atom is 0.0687 e. The lowest BCUT2D eigenvalue weighted by Crippen LogP contribution is -2.32. The van der Waals surface area contributed by atoms with E-state index < -0.39 is 0 Å². The molecule has 2 aliphatic rings. The van der Waals surface area contributed by atoms with Crippen LogP contribution in [0.3, 0.4) is 0 Å². The summed E-state index contributed by atoms with van der Waals surface area (Å²) >= 11 is 0. The first-order valence-corrected chi connectivity index (χ1v) is 7.08. The molecule has 17 heavy (non-hydrogen) atoms. The number of ether oxygens (including phenoxy) is 1. The summed E-state index contributed by atoms with van der Waals surface area (Å²) in [5.41, 5.74) is 1.70. The maximum absolute atomic E-state index is 6.39. The Kier molecular flexibility index (Phi) is 3.19. The molecule has 0 N–H and O–H groups in total. The predicted molar refractivity (Wildman–Crippen MR) is 70.1 cm³/mol. The zero-order valence-electron chi connectivity index (χ0n) is 10.5. The summed E-state index contributed by atoms with van der Waals surface area (Å²) in [5.74, 6) is 0. The second-order valence-electron chi connectivity index (χ2n) is 5.71. The van der Waals surface area contributed by atoms with Gasteiger partial charge >= 0.3 is 0 Å². The van der Waals surface area contributed by atoms with E-state index in [9.17, 15) is 0 Å². The van der Waals surface area contributed by atoms with Crippen LogP contribution in [0.4, 0.5) is 0 Å². The van der Waals surface area contributed by atoms with Crippen molar-refractivity contribution >= 4 is 0 Å². The highest BCUT2D eigenvalue weighted by Crippen LogP contribution is 2.42. The third-order valence-corrected chi connectivity index (χ3v) is 4.41. The second-order valence-corrected chi connectivity index (χ2v) is 5.71. The van der Waals surface area contributed by atoms with E-state index in [1.165, 1.54) is 50.5 Å². The molecule has 0 amide bonds. The van der Waals surface area contributed by atoms with Crippen molar-refractivity contribution in [2.75, 3.05) is 0 Å². The van der Waals surface area contributed by atoms with Crippen LogP contribution in [0.1, 0.15) is 50.5 Å². The molecule has 1 aliphatic carbocycles. The van der Waals surface area contributed by atoms with Gasteiger partial charge in [0.15, 0.2) is 0 Å². The Labute approximate surface area is 104 Å². The molecule has 1 aromatic carbocycles. The quantitative estimate of drug-likeness (QED) is 0.743. The normalized spacial score (nSPS) is 27.4. The van der Waals surface area contributed by atoms with E-state index in [2.05, 4.69) is 30.3 Å². The standard InChI is InChI=1S/C16H22O/c1-3-7-14(8-4-1)13-15-9-12-16(17-15)10-5-2-6-11-16/h1,3-4,7-8,15H,2,5-6,9-13H2. The molecule has 1 aromatic rings. The Morgan fingerprint density at radius 3 is 2.53 bits per heavy atom. The summed E-state index contributed by atoms with van der Waals surface area (Å²) in [6, 6.07) is 10.8. The van der Waals surface area contributed by atoms with Crippen molar-refractivity contribution in [2.45, 2.75) is 63.1 Å². The van der Waals surface area contributed by atoms with Gasteiger partial charge in [0.2, 0.25) is 0 Å². The van der Waals surface area contributed by atoms with Crippen LogP contribution in [0.25, 0.3) is 0 Å². The molecule has 1 saturated heterocycles. The highest BCUT2D eigenvalue weighted by molar-refractivity contribution is 5.16. The molecule has 1 heteroatoms. The Hall–Kier alpha value is -0.820. The summed E-state index contributed by atoms with van der Waals surface area (Å²) in [6.07, 6.45) is 10.9. The zero-order chi connectivity index (χ0) is 11.6. The van der Waals surface area contributed by atoms with Crippen molar-refractivity contribution in [3.05, 3.63) is 35.9 Å². The fourth-order valence-corrected chi connectivity index (χ4v) is 3.48. The van der Waals surface area contributed by atoms with Gasteiger partial charge in [0, 0.05) is 0 Å². The summed E-state index contributed by atoms with van der Waals surface area (Å²) in [5, 5.41) is 0. The largest absolute Gasteiger partial charge is 0.371 e. The van der Waals surface area contributed by atoms with Gasteiger partial charge in [-0.05, 0) is 37.7 Å². The van der Waals surface area contributed by atoms with Gasteiger partial charge in [-0.2, -0.15) is 0 Å². The molecule has 1 nitrogen and oxygen atoms in total. The number of hydrogen-bond acceptors (Lipinski definition) is 1. The van der Waals surface area contributed by atoms with Crippen molar-refractivity contribution in [1.82, 2.24) is 0 Å². The average molecular weight is 230 g/mol. The fraction of sp³-hybridized carbons (Fsp3) is 0.625. The molecule has 0 aromatic heterocycles. The van der Waals surface area contributed by atoms with Gasteiger partial charge in [-0.3, -0.25) is 0 Å². The molecular formula is C16H22O.